The molecule has 0 amide bonds. The third kappa shape index (κ3) is 7.69. The number of nitrogens with zero attached hydrogens (tertiary/aromatic N) is 1. The number of oxime groups is 1. The minimum Gasteiger partial charge on any atom is -0.411 e. The van der Waals surface area contributed by atoms with Gasteiger partial charge in [0, 0.05) is 13.0 Å². The Bertz CT molecular complexity index is 783. The molecule has 1 atom stereocenters. The van der Waals surface area contributed by atoms with Crippen molar-refractivity contribution in [1.29, 1.82) is 0 Å². The van der Waals surface area contributed by atoms with Crippen LogP contribution in [0.3, 0.4) is 0 Å². The van der Waals surface area contributed by atoms with Crippen LogP contribution in [0.2, 0.25) is 0 Å². The van der Waals surface area contributed by atoms with Crippen molar-refractivity contribution in [2.24, 2.45) is 5.16 Å². The lowest BCUT2D eigenvalue weighted by molar-refractivity contribution is -0.112. The Hall–Kier alpha value is -2.68. The molecule has 29 heavy (non-hydrogen) atoms. The fraction of sp³-hybridized carbons (Fsp3) is 0.333. The van der Waals surface area contributed by atoms with Crippen LogP contribution in [-0.2, 0) is 27.4 Å². The van der Waals surface area contributed by atoms with E-state index in [1.165, 1.54) is 0 Å². The molecule has 1 saturated heterocycles. The van der Waals surface area contributed by atoms with Crippen LogP contribution < -0.4 is 5.32 Å². The Morgan fingerprint density at radius 1 is 1.21 bits per heavy atom. The molecule has 2 N–H and O–H groups in total. The van der Waals surface area contributed by atoms with Crippen molar-refractivity contribution in [2.75, 3.05) is 13.7 Å². The second-order valence-electron chi connectivity index (χ2n) is 6.31. The predicted molar refractivity (Wildman–Crippen MR) is 104 cm³/mol. The zero-order chi connectivity index (χ0) is 21.1. The summed E-state index contributed by atoms with van der Waals surface area (Å²) in [6.07, 6.45) is -3.61. The van der Waals surface area contributed by atoms with Crippen LogP contribution in [0.4, 0.5) is 8.78 Å². The number of epoxide rings is 1. The molecule has 1 heterocycles. The summed E-state index contributed by atoms with van der Waals surface area (Å²) in [7, 11) is 1.83. The van der Waals surface area contributed by atoms with Gasteiger partial charge in [-0.3, -0.25) is 0 Å². The first-order valence-electron chi connectivity index (χ1n) is 9.06. The third-order valence-electron chi connectivity index (χ3n) is 4.08. The summed E-state index contributed by atoms with van der Waals surface area (Å²) in [4.78, 5) is 9.87. The van der Waals surface area contributed by atoms with Gasteiger partial charge in [-0.05, 0) is 23.7 Å². The van der Waals surface area contributed by atoms with E-state index in [2.05, 4.69) is 15.2 Å². The summed E-state index contributed by atoms with van der Waals surface area (Å²) in [6, 6.07) is 16.9. The molecule has 1 fully saturated rings. The number of benzene rings is 2. The number of hydrogen-bond acceptors (Lipinski definition) is 6. The Labute approximate surface area is 168 Å². The molecule has 6 nitrogen and oxygen atoms in total. The largest absolute Gasteiger partial charge is 0.411 e. The van der Waals surface area contributed by atoms with Gasteiger partial charge in [-0.1, -0.05) is 59.8 Å². The molecule has 0 aliphatic carbocycles. The Morgan fingerprint density at radius 2 is 1.86 bits per heavy atom. The number of alkyl halides is 2. The molecule has 1 aliphatic heterocycles. The summed E-state index contributed by atoms with van der Waals surface area (Å²) in [5.74, 6) is 0. The minimum atomic E-state index is -3.08. The molecule has 3 rings (SSSR count). The smallest absolute Gasteiger partial charge is 0.383 e. The van der Waals surface area contributed by atoms with Crippen LogP contribution in [0.1, 0.15) is 23.1 Å². The predicted octanol–water partition coefficient (Wildman–Crippen LogP) is 3.37. The first-order valence-corrected chi connectivity index (χ1v) is 9.06. The summed E-state index contributed by atoms with van der Waals surface area (Å²) < 4.78 is 34.4. The molecule has 2 aromatic carbocycles. The monoisotopic (exact) mass is 406 g/mol. The van der Waals surface area contributed by atoms with Gasteiger partial charge in [0.15, 0.2) is 6.10 Å². The van der Waals surface area contributed by atoms with Gasteiger partial charge in [0.1, 0.15) is 12.9 Å². The molecule has 0 radical (unpaired) electrons. The molecule has 8 heteroatoms. The maximum Gasteiger partial charge on any atom is 0.383 e. The Balaban J connectivity index is 0.000000234. The van der Waals surface area contributed by atoms with Gasteiger partial charge in [-0.25, -0.2) is 0 Å². The van der Waals surface area contributed by atoms with Gasteiger partial charge in [0.2, 0.25) is 0 Å². The number of halogens is 2. The molecule has 1 aliphatic rings. The minimum absolute atomic E-state index is 0.102. The lowest BCUT2D eigenvalue weighted by Crippen LogP contribution is -2.10. The van der Waals surface area contributed by atoms with Crippen LogP contribution in [-0.4, -0.2) is 43.1 Å². The van der Waals surface area contributed by atoms with Crippen molar-refractivity contribution in [3.63, 3.8) is 0 Å². The highest BCUT2D eigenvalue weighted by atomic mass is 19.3. The van der Waals surface area contributed by atoms with Gasteiger partial charge < -0.3 is 24.8 Å². The molecule has 2 aromatic rings. The van der Waals surface area contributed by atoms with Crippen molar-refractivity contribution in [2.45, 2.75) is 31.8 Å². The average molecular weight is 406 g/mol. The molecular weight excluding hydrogens is 382 g/mol. The van der Waals surface area contributed by atoms with Crippen molar-refractivity contribution < 1.29 is 28.3 Å². The quantitative estimate of drug-likeness (QED) is 0.167. The van der Waals surface area contributed by atoms with E-state index in [9.17, 15) is 13.6 Å². The summed E-state index contributed by atoms with van der Waals surface area (Å²) in [5, 5.41) is 14.9. The molecule has 0 bridgehead atoms. The van der Waals surface area contributed by atoms with Crippen LogP contribution in [0, 0.1) is 0 Å². The van der Waals surface area contributed by atoms with E-state index in [0.717, 1.165) is 24.0 Å². The van der Waals surface area contributed by atoms with Crippen molar-refractivity contribution in [1.82, 2.24) is 5.32 Å². The van der Waals surface area contributed by atoms with E-state index in [0.29, 0.717) is 12.2 Å². The van der Waals surface area contributed by atoms with Gasteiger partial charge in [0.25, 0.3) is 0 Å². The van der Waals surface area contributed by atoms with Crippen molar-refractivity contribution >= 4 is 12.0 Å². The molecule has 0 saturated carbocycles. The average Bonchev–Trinajstić information content (AvgIpc) is 3.34. The highest BCUT2D eigenvalue weighted by molar-refractivity contribution is 6.00. The molecule has 0 aromatic heterocycles. The van der Waals surface area contributed by atoms with E-state index >= 15 is 0 Å². The molecule has 0 spiro atoms. The number of aldehydes is 1. The summed E-state index contributed by atoms with van der Waals surface area (Å²) in [5.41, 5.74) is 2.97. The molecular formula is C21H24F2N2O4. The SMILES string of the molecule is CNCc1ccc(/C(CC2OC2(F)F)=N/O)cc1.O=CCOCc1ccccc1. The van der Waals surface area contributed by atoms with E-state index < -0.39 is 12.2 Å². The second-order valence-corrected chi connectivity index (χ2v) is 6.31. The number of rotatable bonds is 9. The van der Waals surface area contributed by atoms with Gasteiger partial charge in [-0.2, -0.15) is 8.78 Å². The number of hydrogen-bond donors (Lipinski definition) is 2. The topological polar surface area (TPSA) is 83.5 Å². The summed E-state index contributed by atoms with van der Waals surface area (Å²) in [6.45, 7) is 1.41. The second kappa shape index (κ2) is 11.4. The van der Waals surface area contributed by atoms with E-state index in [4.69, 9.17) is 9.94 Å². The lowest BCUT2D eigenvalue weighted by Gasteiger charge is -2.04. The van der Waals surface area contributed by atoms with Crippen LogP contribution in [0.15, 0.2) is 59.8 Å². The number of carbonyl (C=O) groups is 1. The third-order valence-corrected chi connectivity index (χ3v) is 4.08. The standard InChI is InChI=1S/C12H14F2N2O2.C9H10O2/c1-15-7-8-2-4-9(5-3-8)10(16-17)6-11-12(13,14)18-11;10-6-7-11-8-9-4-2-1-3-5-9/h2-5,11,15,17H,6-7H2,1H3;1-6H,7-8H2/b16-10+;. The zero-order valence-corrected chi connectivity index (χ0v) is 16.1. The van der Waals surface area contributed by atoms with Gasteiger partial charge in [0.05, 0.1) is 12.3 Å². The first kappa shape index (κ1) is 22.6. The Morgan fingerprint density at radius 3 is 2.38 bits per heavy atom. The number of nitrogens with one attached hydrogen (secondary N) is 1. The highest BCUT2D eigenvalue weighted by Gasteiger charge is 2.59. The van der Waals surface area contributed by atoms with Crippen LogP contribution >= 0.6 is 0 Å². The fourth-order valence-corrected chi connectivity index (χ4v) is 2.53. The zero-order valence-electron chi connectivity index (χ0n) is 16.1. The van der Waals surface area contributed by atoms with E-state index in [1.54, 1.807) is 12.1 Å². The maximum absolute atomic E-state index is 12.6. The van der Waals surface area contributed by atoms with Crippen molar-refractivity contribution in [3.8, 4) is 0 Å². The van der Waals surface area contributed by atoms with Crippen molar-refractivity contribution in [3.05, 3.63) is 71.3 Å². The Kier molecular flexibility index (Phi) is 8.85. The number of carbonyl (C=O) groups excluding carboxylic acids is 1. The highest BCUT2D eigenvalue weighted by Crippen LogP contribution is 2.42. The maximum atomic E-state index is 12.6. The fourth-order valence-electron chi connectivity index (χ4n) is 2.53. The van der Waals surface area contributed by atoms with Crippen LogP contribution in [0.25, 0.3) is 0 Å². The van der Waals surface area contributed by atoms with E-state index in [-0.39, 0.29) is 18.7 Å². The molecule has 1 unspecified atom stereocenters. The normalized spacial score (nSPS) is 17.2. The van der Waals surface area contributed by atoms with E-state index in [1.807, 2.05) is 49.5 Å². The lowest BCUT2D eigenvalue weighted by atomic mass is 10.0. The summed E-state index contributed by atoms with van der Waals surface area (Å²) >= 11 is 0. The van der Waals surface area contributed by atoms with Gasteiger partial charge in [-0.15, -0.1) is 0 Å². The number of ether oxygens (including phenoxy) is 2. The first-order chi connectivity index (χ1) is 14.0. The van der Waals surface area contributed by atoms with Crippen LogP contribution in [0.5, 0.6) is 0 Å². The molecule has 156 valence electrons. The van der Waals surface area contributed by atoms with Gasteiger partial charge >= 0.3 is 6.11 Å².